The Morgan fingerprint density at radius 2 is 1.83 bits per heavy atom. The number of nitrogens with one attached hydrogen (secondary N) is 2. The van der Waals surface area contributed by atoms with E-state index in [1.54, 1.807) is 36.4 Å². The van der Waals surface area contributed by atoms with Crippen LogP contribution in [0.15, 0.2) is 48.5 Å². The molecule has 7 heteroatoms. The van der Waals surface area contributed by atoms with Gasteiger partial charge >= 0.3 is 5.97 Å². The van der Waals surface area contributed by atoms with E-state index >= 15 is 0 Å². The molecule has 1 heterocycles. The predicted molar refractivity (Wildman–Crippen MR) is 85.9 cm³/mol. The molecule has 2 amide bonds. The molecule has 0 saturated heterocycles. The van der Waals surface area contributed by atoms with Gasteiger partial charge in [-0.05, 0) is 36.4 Å². The van der Waals surface area contributed by atoms with E-state index in [2.05, 4.69) is 15.4 Å². The molecule has 1 atom stereocenters. The van der Waals surface area contributed by atoms with Crippen molar-refractivity contribution in [3.05, 3.63) is 54.1 Å². The number of amides is 2. The Kier molecular flexibility index (Phi) is 4.15. The van der Waals surface area contributed by atoms with E-state index in [0.717, 1.165) is 0 Å². The quantitative estimate of drug-likeness (QED) is 0.663. The molecule has 0 saturated carbocycles. The van der Waals surface area contributed by atoms with Crippen molar-refractivity contribution in [1.29, 1.82) is 0 Å². The first-order chi connectivity index (χ1) is 11.6. The van der Waals surface area contributed by atoms with Gasteiger partial charge in [0, 0.05) is 5.69 Å². The van der Waals surface area contributed by atoms with Gasteiger partial charge in [0.2, 0.25) is 0 Å². The van der Waals surface area contributed by atoms with E-state index in [0.29, 0.717) is 22.7 Å². The zero-order chi connectivity index (χ0) is 17.1. The normalized spacial score (nSPS) is 15.5. The number of para-hydroxylation sites is 2. The summed E-state index contributed by atoms with van der Waals surface area (Å²) in [6.07, 6.45) is -1.29. The Morgan fingerprint density at radius 3 is 2.54 bits per heavy atom. The minimum Gasteiger partial charge on any atom is -0.468 e. The summed E-state index contributed by atoms with van der Waals surface area (Å²) in [4.78, 5) is 35.7. The van der Waals surface area contributed by atoms with Crippen LogP contribution < -0.4 is 15.4 Å². The second-order valence-electron chi connectivity index (χ2n) is 5.04. The van der Waals surface area contributed by atoms with Crippen molar-refractivity contribution in [2.45, 2.75) is 6.10 Å². The maximum atomic E-state index is 12.3. The largest absolute Gasteiger partial charge is 0.468 e. The lowest BCUT2D eigenvalue weighted by atomic mass is 10.2. The van der Waals surface area contributed by atoms with Gasteiger partial charge < -0.3 is 20.1 Å². The summed E-state index contributed by atoms with van der Waals surface area (Å²) in [7, 11) is 1.29. The van der Waals surface area contributed by atoms with Crippen molar-refractivity contribution in [3.63, 3.8) is 0 Å². The molecule has 0 aromatic heterocycles. The molecule has 0 spiro atoms. The van der Waals surface area contributed by atoms with Crippen molar-refractivity contribution in [2.24, 2.45) is 0 Å². The highest BCUT2D eigenvalue weighted by atomic mass is 16.5. The third-order valence-corrected chi connectivity index (χ3v) is 3.44. The van der Waals surface area contributed by atoms with Gasteiger partial charge in [0.15, 0.2) is 0 Å². The Bertz CT molecular complexity index is 801. The average Bonchev–Trinajstić information content (AvgIpc) is 2.61. The molecule has 7 nitrogen and oxygen atoms in total. The first-order valence-electron chi connectivity index (χ1n) is 7.14. The topological polar surface area (TPSA) is 93.7 Å². The monoisotopic (exact) mass is 326 g/mol. The summed E-state index contributed by atoms with van der Waals surface area (Å²) >= 11 is 0. The van der Waals surface area contributed by atoms with E-state index < -0.39 is 23.9 Å². The summed E-state index contributed by atoms with van der Waals surface area (Å²) in [5.74, 6) is -1.19. The molecule has 0 fully saturated rings. The fourth-order valence-electron chi connectivity index (χ4n) is 2.24. The van der Waals surface area contributed by atoms with Crippen LogP contribution in [0.4, 0.5) is 11.4 Å². The summed E-state index contributed by atoms with van der Waals surface area (Å²) < 4.78 is 10.1. The second-order valence-corrected chi connectivity index (χ2v) is 5.04. The number of rotatable bonds is 3. The highest BCUT2D eigenvalue weighted by molar-refractivity contribution is 6.15. The Labute approximate surface area is 137 Å². The number of ether oxygens (including phenoxy) is 2. The first-order valence-corrected chi connectivity index (χ1v) is 7.14. The molecule has 1 aliphatic heterocycles. The maximum absolute atomic E-state index is 12.3. The van der Waals surface area contributed by atoms with Gasteiger partial charge in [0.25, 0.3) is 17.9 Å². The first kappa shape index (κ1) is 15.5. The lowest BCUT2D eigenvalue weighted by molar-refractivity contribution is -0.133. The molecule has 0 unspecified atom stereocenters. The number of fused-ring (bicyclic) bond motifs is 1. The van der Waals surface area contributed by atoms with Crippen molar-refractivity contribution >= 4 is 29.2 Å². The molecular weight excluding hydrogens is 312 g/mol. The van der Waals surface area contributed by atoms with Crippen molar-refractivity contribution < 1.29 is 23.9 Å². The fraction of sp³-hybridized carbons (Fsp3) is 0.118. The van der Waals surface area contributed by atoms with Crippen LogP contribution in [0, 0.1) is 0 Å². The van der Waals surface area contributed by atoms with E-state index in [1.165, 1.54) is 19.2 Å². The van der Waals surface area contributed by atoms with Crippen LogP contribution in [-0.2, 0) is 14.3 Å². The number of carbonyl (C=O) groups is 3. The number of carbonyl (C=O) groups excluding carboxylic acids is 3. The standard InChI is InChI=1S/C17H14N2O5/c1-23-17(22)10-6-8-11(9-7-10)18-15(20)14-16(21)19-12-4-2-3-5-13(12)24-14/h2-9,14H,1H3,(H,18,20)(H,19,21)/t14-/m1/s1. The summed E-state index contributed by atoms with van der Waals surface area (Å²) in [6.45, 7) is 0. The lowest BCUT2D eigenvalue weighted by Gasteiger charge is -2.24. The Hall–Kier alpha value is -3.35. The maximum Gasteiger partial charge on any atom is 0.337 e. The zero-order valence-electron chi connectivity index (χ0n) is 12.7. The van der Waals surface area contributed by atoms with E-state index in [9.17, 15) is 14.4 Å². The molecule has 1 aliphatic rings. The molecular formula is C17H14N2O5. The molecule has 2 aromatic carbocycles. The van der Waals surface area contributed by atoms with Gasteiger partial charge in [-0.2, -0.15) is 0 Å². The minimum absolute atomic E-state index is 0.357. The SMILES string of the molecule is COC(=O)c1ccc(NC(=O)[C@H]2Oc3ccccc3NC2=O)cc1. The van der Waals surface area contributed by atoms with E-state index in [1.807, 2.05) is 0 Å². The average molecular weight is 326 g/mol. The van der Waals surface area contributed by atoms with Gasteiger partial charge in [-0.1, -0.05) is 12.1 Å². The van der Waals surface area contributed by atoms with Gasteiger partial charge in [0.05, 0.1) is 18.4 Å². The third kappa shape index (κ3) is 3.05. The van der Waals surface area contributed by atoms with Crippen molar-refractivity contribution in [1.82, 2.24) is 0 Å². The van der Waals surface area contributed by atoms with Crippen LogP contribution >= 0.6 is 0 Å². The highest BCUT2D eigenvalue weighted by Gasteiger charge is 2.33. The fourth-order valence-corrected chi connectivity index (χ4v) is 2.24. The molecule has 0 radical (unpaired) electrons. The van der Waals surface area contributed by atoms with Crippen LogP contribution in [0.3, 0.4) is 0 Å². The third-order valence-electron chi connectivity index (χ3n) is 3.44. The molecule has 0 bridgehead atoms. The van der Waals surface area contributed by atoms with Crippen molar-refractivity contribution in [3.8, 4) is 5.75 Å². The highest BCUT2D eigenvalue weighted by Crippen LogP contribution is 2.29. The smallest absolute Gasteiger partial charge is 0.337 e. The Morgan fingerprint density at radius 1 is 1.12 bits per heavy atom. The molecule has 24 heavy (non-hydrogen) atoms. The van der Waals surface area contributed by atoms with Crippen LogP contribution in [0.5, 0.6) is 5.75 Å². The summed E-state index contributed by atoms with van der Waals surface area (Å²) in [6, 6.07) is 13.0. The summed E-state index contributed by atoms with van der Waals surface area (Å²) in [5.41, 5.74) is 1.31. The lowest BCUT2D eigenvalue weighted by Crippen LogP contribution is -2.45. The molecule has 0 aliphatic carbocycles. The van der Waals surface area contributed by atoms with Gasteiger partial charge in [-0.15, -0.1) is 0 Å². The van der Waals surface area contributed by atoms with Gasteiger partial charge in [-0.25, -0.2) is 4.79 Å². The van der Waals surface area contributed by atoms with Crippen LogP contribution in [0.1, 0.15) is 10.4 Å². The van der Waals surface area contributed by atoms with Crippen LogP contribution in [-0.4, -0.2) is 31.0 Å². The van der Waals surface area contributed by atoms with Gasteiger partial charge in [-0.3, -0.25) is 9.59 Å². The minimum atomic E-state index is -1.29. The zero-order valence-corrected chi connectivity index (χ0v) is 12.7. The number of hydrogen-bond acceptors (Lipinski definition) is 5. The predicted octanol–water partition coefficient (Wildman–Crippen LogP) is 1.81. The molecule has 3 rings (SSSR count). The van der Waals surface area contributed by atoms with Gasteiger partial charge in [0.1, 0.15) is 5.75 Å². The molecule has 2 aromatic rings. The van der Waals surface area contributed by atoms with E-state index in [4.69, 9.17) is 4.74 Å². The van der Waals surface area contributed by atoms with E-state index in [-0.39, 0.29) is 0 Å². The number of methoxy groups -OCH3 is 1. The number of benzene rings is 2. The molecule has 2 N–H and O–H groups in total. The van der Waals surface area contributed by atoms with Crippen LogP contribution in [0.2, 0.25) is 0 Å². The number of hydrogen-bond donors (Lipinski definition) is 2. The van der Waals surface area contributed by atoms with Crippen molar-refractivity contribution in [2.75, 3.05) is 17.7 Å². The van der Waals surface area contributed by atoms with Crippen LogP contribution in [0.25, 0.3) is 0 Å². The second kappa shape index (κ2) is 6.41. The number of anilines is 2. The number of esters is 1. The molecule has 122 valence electrons. The Balaban J connectivity index is 1.71. The summed E-state index contributed by atoms with van der Waals surface area (Å²) in [5, 5.41) is 5.20.